The predicted octanol–water partition coefficient (Wildman–Crippen LogP) is 3.52. The number of nitrogens with zero attached hydrogens (tertiary/aromatic N) is 3. The van der Waals surface area contributed by atoms with Crippen LogP contribution in [0.2, 0.25) is 0 Å². The van der Waals surface area contributed by atoms with Crippen LogP contribution in [0.5, 0.6) is 0 Å². The molecule has 2 N–H and O–H groups in total. The Balaban J connectivity index is 2.34. The van der Waals surface area contributed by atoms with Gasteiger partial charge in [0.2, 0.25) is 0 Å². The van der Waals surface area contributed by atoms with E-state index in [4.69, 9.17) is 5.73 Å². The molecule has 0 bridgehead atoms. The summed E-state index contributed by atoms with van der Waals surface area (Å²) in [4.78, 5) is 0. The van der Waals surface area contributed by atoms with Gasteiger partial charge in [0.15, 0.2) is 0 Å². The molecule has 4 nitrogen and oxygen atoms in total. The number of rotatable bonds is 7. The molecule has 21 heavy (non-hydrogen) atoms. The topological polar surface area (TPSA) is 56.7 Å². The van der Waals surface area contributed by atoms with Crippen molar-refractivity contribution in [3.05, 3.63) is 47.8 Å². The smallest absolute Gasteiger partial charge is 0.0760 e. The van der Waals surface area contributed by atoms with Crippen LogP contribution in [0.1, 0.15) is 56.8 Å². The van der Waals surface area contributed by atoms with Crippen molar-refractivity contribution in [3.8, 4) is 0 Å². The Morgan fingerprint density at radius 1 is 1.19 bits per heavy atom. The number of aromatic nitrogens is 3. The van der Waals surface area contributed by atoms with E-state index in [1.165, 1.54) is 5.56 Å². The second kappa shape index (κ2) is 7.36. The predicted molar refractivity (Wildman–Crippen MR) is 85.9 cm³/mol. The van der Waals surface area contributed by atoms with Crippen molar-refractivity contribution in [3.63, 3.8) is 0 Å². The normalized spacial score (nSPS) is 15.6. The fourth-order valence-electron chi connectivity index (χ4n) is 2.91. The second-order valence-electron chi connectivity index (χ2n) is 5.73. The summed E-state index contributed by atoms with van der Waals surface area (Å²) in [6, 6.07) is 10.5. The van der Waals surface area contributed by atoms with Gasteiger partial charge in [-0.3, -0.25) is 0 Å². The molecule has 0 spiro atoms. The summed E-state index contributed by atoms with van der Waals surface area (Å²) in [5.41, 5.74) is 8.95. The highest BCUT2D eigenvalue weighted by atomic mass is 15.4. The molecule has 0 aliphatic carbocycles. The van der Waals surface area contributed by atoms with E-state index in [1.807, 2.05) is 16.9 Å². The van der Waals surface area contributed by atoms with Crippen LogP contribution in [0.4, 0.5) is 0 Å². The Morgan fingerprint density at radius 2 is 1.90 bits per heavy atom. The zero-order valence-corrected chi connectivity index (χ0v) is 13.2. The average Bonchev–Trinajstić information content (AvgIpc) is 2.97. The zero-order chi connectivity index (χ0) is 15.2. The number of hydrogen-bond donors (Lipinski definition) is 1. The molecule has 0 fully saturated rings. The fraction of sp³-hybridized carbons (Fsp3) is 0.529. The lowest BCUT2D eigenvalue weighted by Crippen LogP contribution is -2.27. The van der Waals surface area contributed by atoms with E-state index in [2.05, 4.69) is 55.3 Å². The Kier molecular flexibility index (Phi) is 5.51. The van der Waals surface area contributed by atoms with Gasteiger partial charge in [-0.25, -0.2) is 4.68 Å². The quantitative estimate of drug-likeness (QED) is 0.847. The van der Waals surface area contributed by atoms with Gasteiger partial charge in [0, 0.05) is 12.5 Å². The van der Waals surface area contributed by atoms with E-state index in [9.17, 15) is 0 Å². The zero-order valence-electron chi connectivity index (χ0n) is 13.2. The third-order valence-electron chi connectivity index (χ3n) is 4.25. The van der Waals surface area contributed by atoms with Crippen molar-refractivity contribution < 1.29 is 0 Å². The molecular weight excluding hydrogens is 260 g/mol. The van der Waals surface area contributed by atoms with E-state index in [0.717, 1.165) is 25.1 Å². The molecule has 0 amide bonds. The Morgan fingerprint density at radius 3 is 2.52 bits per heavy atom. The summed E-state index contributed by atoms with van der Waals surface area (Å²) in [6.07, 6.45) is 3.95. The minimum atomic E-state index is -0.0797. The monoisotopic (exact) mass is 286 g/mol. The molecule has 3 atom stereocenters. The second-order valence-corrected chi connectivity index (χ2v) is 5.73. The highest BCUT2D eigenvalue weighted by molar-refractivity contribution is 5.24. The summed E-state index contributed by atoms with van der Waals surface area (Å²) in [5, 5.41) is 8.23. The Bertz CT molecular complexity index is 535. The van der Waals surface area contributed by atoms with Gasteiger partial charge in [0.25, 0.3) is 0 Å². The van der Waals surface area contributed by atoms with Crippen molar-refractivity contribution in [2.45, 2.75) is 52.1 Å². The van der Waals surface area contributed by atoms with Crippen LogP contribution in [-0.4, -0.2) is 15.0 Å². The molecule has 2 aromatic rings. The maximum absolute atomic E-state index is 6.62. The highest BCUT2D eigenvalue weighted by Crippen LogP contribution is 2.36. The third-order valence-corrected chi connectivity index (χ3v) is 4.25. The third kappa shape index (κ3) is 3.50. The standard InChI is InChI=1S/C17H26N4/c1-4-11-21-15(12-19-20-21)17(18)16(13(3)5-2)14-9-7-6-8-10-14/h6-10,12-13,16-17H,4-5,11,18H2,1-3H3. The summed E-state index contributed by atoms with van der Waals surface area (Å²) < 4.78 is 1.95. The molecule has 0 saturated carbocycles. The van der Waals surface area contributed by atoms with Crippen LogP contribution in [0, 0.1) is 5.92 Å². The van der Waals surface area contributed by atoms with Gasteiger partial charge in [0.05, 0.1) is 17.9 Å². The first-order valence-corrected chi connectivity index (χ1v) is 7.87. The fourth-order valence-corrected chi connectivity index (χ4v) is 2.91. The van der Waals surface area contributed by atoms with Gasteiger partial charge in [-0.05, 0) is 17.9 Å². The minimum absolute atomic E-state index is 0.0797. The molecule has 2 rings (SSSR count). The molecule has 0 aliphatic heterocycles. The van der Waals surface area contributed by atoms with E-state index in [-0.39, 0.29) is 12.0 Å². The first-order valence-electron chi connectivity index (χ1n) is 7.87. The lowest BCUT2D eigenvalue weighted by atomic mass is 9.79. The van der Waals surface area contributed by atoms with Crippen molar-refractivity contribution in [1.29, 1.82) is 0 Å². The molecular formula is C17H26N4. The first-order chi connectivity index (χ1) is 10.2. The van der Waals surface area contributed by atoms with Gasteiger partial charge in [-0.15, -0.1) is 5.10 Å². The van der Waals surface area contributed by atoms with Crippen LogP contribution in [-0.2, 0) is 6.54 Å². The van der Waals surface area contributed by atoms with Crippen LogP contribution in [0.15, 0.2) is 36.5 Å². The molecule has 1 aromatic heterocycles. The SMILES string of the molecule is CCCn1nncc1C(N)C(c1ccccc1)C(C)CC. The van der Waals surface area contributed by atoms with Crippen LogP contribution < -0.4 is 5.73 Å². The largest absolute Gasteiger partial charge is 0.322 e. The van der Waals surface area contributed by atoms with Gasteiger partial charge >= 0.3 is 0 Å². The summed E-state index contributed by atoms with van der Waals surface area (Å²) >= 11 is 0. The molecule has 1 heterocycles. The molecule has 4 heteroatoms. The number of aryl methyl sites for hydroxylation is 1. The lowest BCUT2D eigenvalue weighted by molar-refractivity contribution is 0.370. The molecule has 0 aliphatic rings. The first kappa shape index (κ1) is 15.7. The highest BCUT2D eigenvalue weighted by Gasteiger charge is 2.28. The van der Waals surface area contributed by atoms with Crippen molar-refractivity contribution in [2.75, 3.05) is 0 Å². The average molecular weight is 286 g/mol. The molecule has 3 unspecified atom stereocenters. The molecule has 114 valence electrons. The molecule has 0 saturated heterocycles. The minimum Gasteiger partial charge on any atom is -0.322 e. The summed E-state index contributed by atoms with van der Waals surface area (Å²) in [5.74, 6) is 0.790. The molecule has 1 aromatic carbocycles. The number of hydrogen-bond acceptors (Lipinski definition) is 3. The van der Waals surface area contributed by atoms with Crippen molar-refractivity contribution in [2.24, 2.45) is 11.7 Å². The number of nitrogens with two attached hydrogens (primary N) is 1. The van der Waals surface area contributed by atoms with E-state index >= 15 is 0 Å². The van der Waals surface area contributed by atoms with Crippen LogP contribution in [0.3, 0.4) is 0 Å². The van der Waals surface area contributed by atoms with E-state index < -0.39 is 0 Å². The maximum Gasteiger partial charge on any atom is 0.0760 e. The van der Waals surface area contributed by atoms with Gasteiger partial charge in [-0.1, -0.05) is 62.7 Å². The van der Waals surface area contributed by atoms with Gasteiger partial charge in [-0.2, -0.15) is 0 Å². The summed E-state index contributed by atoms with van der Waals surface area (Å²) in [7, 11) is 0. The lowest BCUT2D eigenvalue weighted by Gasteiger charge is -2.29. The van der Waals surface area contributed by atoms with Crippen LogP contribution in [0.25, 0.3) is 0 Å². The Labute approximate surface area is 127 Å². The maximum atomic E-state index is 6.62. The summed E-state index contributed by atoms with van der Waals surface area (Å²) in [6.45, 7) is 7.49. The Hall–Kier alpha value is -1.68. The number of benzene rings is 1. The van der Waals surface area contributed by atoms with Crippen molar-refractivity contribution in [1.82, 2.24) is 15.0 Å². The van der Waals surface area contributed by atoms with E-state index in [1.54, 1.807) is 0 Å². The molecule has 0 radical (unpaired) electrons. The van der Waals surface area contributed by atoms with Crippen LogP contribution >= 0.6 is 0 Å². The van der Waals surface area contributed by atoms with Gasteiger partial charge in [0.1, 0.15) is 0 Å². The van der Waals surface area contributed by atoms with Gasteiger partial charge < -0.3 is 5.73 Å². The van der Waals surface area contributed by atoms with Crippen molar-refractivity contribution >= 4 is 0 Å². The van der Waals surface area contributed by atoms with E-state index in [0.29, 0.717) is 5.92 Å².